The van der Waals surface area contributed by atoms with Gasteiger partial charge in [-0.3, -0.25) is 4.79 Å². The summed E-state index contributed by atoms with van der Waals surface area (Å²) in [5.41, 5.74) is 0. The quantitative estimate of drug-likeness (QED) is 0.533. The molecule has 0 bridgehead atoms. The molecule has 0 aromatic heterocycles. The SMILES string of the molecule is CCOC(=O)CC1CC(C=O)OC(C)(C)O1. The van der Waals surface area contributed by atoms with Crippen molar-refractivity contribution in [3.8, 4) is 0 Å². The van der Waals surface area contributed by atoms with E-state index in [0.29, 0.717) is 13.0 Å². The number of carbonyl (C=O) groups is 2. The Bertz CT molecular complexity index is 261. The fourth-order valence-electron chi connectivity index (χ4n) is 1.76. The van der Waals surface area contributed by atoms with E-state index in [4.69, 9.17) is 14.2 Å². The van der Waals surface area contributed by atoms with E-state index in [1.165, 1.54) is 0 Å². The van der Waals surface area contributed by atoms with E-state index in [-0.39, 0.29) is 18.5 Å². The van der Waals surface area contributed by atoms with Gasteiger partial charge in [0.25, 0.3) is 0 Å². The van der Waals surface area contributed by atoms with Crippen LogP contribution in [-0.4, -0.2) is 36.9 Å². The third kappa shape index (κ3) is 3.90. The summed E-state index contributed by atoms with van der Waals surface area (Å²) >= 11 is 0. The van der Waals surface area contributed by atoms with Gasteiger partial charge in [0, 0.05) is 6.42 Å². The van der Waals surface area contributed by atoms with E-state index in [0.717, 1.165) is 6.29 Å². The van der Waals surface area contributed by atoms with Crippen LogP contribution in [0.3, 0.4) is 0 Å². The zero-order valence-corrected chi connectivity index (χ0v) is 9.89. The maximum Gasteiger partial charge on any atom is 0.308 e. The summed E-state index contributed by atoms with van der Waals surface area (Å²) in [6.45, 7) is 5.55. The molecule has 1 saturated heterocycles. The molecule has 0 radical (unpaired) electrons. The van der Waals surface area contributed by atoms with E-state index < -0.39 is 11.9 Å². The summed E-state index contributed by atoms with van der Waals surface area (Å²) < 4.78 is 15.7. The molecule has 0 aliphatic carbocycles. The first-order valence-corrected chi connectivity index (χ1v) is 5.43. The second-order valence-electron chi connectivity index (χ2n) is 4.18. The van der Waals surface area contributed by atoms with Crippen LogP contribution >= 0.6 is 0 Å². The maximum atomic E-state index is 11.3. The van der Waals surface area contributed by atoms with Crippen LogP contribution in [0.25, 0.3) is 0 Å². The summed E-state index contributed by atoms with van der Waals surface area (Å²) in [6, 6.07) is 0. The summed E-state index contributed by atoms with van der Waals surface area (Å²) in [5, 5.41) is 0. The van der Waals surface area contributed by atoms with Crippen LogP contribution in [0.2, 0.25) is 0 Å². The normalized spacial score (nSPS) is 28.4. The Balaban J connectivity index is 2.53. The predicted molar refractivity (Wildman–Crippen MR) is 55.8 cm³/mol. The highest BCUT2D eigenvalue weighted by molar-refractivity contribution is 5.70. The first kappa shape index (κ1) is 13.1. The number of rotatable bonds is 4. The Labute approximate surface area is 95.0 Å². The lowest BCUT2D eigenvalue weighted by atomic mass is 10.1. The highest BCUT2D eigenvalue weighted by Crippen LogP contribution is 2.27. The highest BCUT2D eigenvalue weighted by Gasteiger charge is 2.36. The fraction of sp³-hybridized carbons (Fsp3) is 0.818. The summed E-state index contributed by atoms with van der Waals surface area (Å²) in [4.78, 5) is 22.0. The van der Waals surface area contributed by atoms with Crippen LogP contribution in [-0.2, 0) is 23.8 Å². The highest BCUT2D eigenvalue weighted by atomic mass is 16.7. The molecule has 1 aliphatic heterocycles. The first-order chi connectivity index (χ1) is 7.46. The third-order valence-electron chi connectivity index (χ3n) is 2.23. The average molecular weight is 230 g/mol. The Kier molecular flexibility index (Phi) is 4.44. The van der Waals surface area contributed by atoms with Gasteiger partial charge in [-0.25, -0.2) is 0 Å². The second-order valence-corrected chi connectivity index (χ2v) is 4.18. The van der Waals surface area contributed by atoms with Crippen molar-refractivity contribution in [1.82, 2.24) is 0 Å². The molecule has 0 saturated carbocycles. The molecule has 2 unspecified atom stereocenters. The molecule has 0 amide bonds. The molecule has 1 aliphatic rings. The zero-order chi connectivity index (χ0) is 12.2. The third-order valence-corrected chi connectivity index (χ3v) is 2.23. The monoisotopic (exact) mass is 230 g/mol. The van der Waals surface area contributed by atoms with E-state index in [2.05, 4.69) is 0 Å². The summed E-state index contributed by atoms with van der Waals surface area (Å²) in [5.74, 6) is -1.14. The summed E-state index contributed by atoms with van der Waals surface area (Å²) in [6.07, 6.45) is 0.459. The molecule has 0 N–H and O–H groups in total. The molecule has 0 aromatic rings. The van der Waals surface area contributed by atoms with Crippen LogP contribution in [0.1, 0.15) is 33.6 Å². The minimum Gasteiger partial charge on any atom is -0.466 e. The Morgan fingerprint density at radius 3 is 2.75 bits per heavy atom. The molecule has 1 rings (SSSR count). The lowest BCUT2D eigenvalue weighted by Crippen LogP contribution is -2.45. The van der Waals surface area contributed by atoms with Crippen LogP contribution in [0, 0.1) is 0 Å². The van der Waals surface area contributed by atoms with Crippen molar-refractivity contribution in [3.63, 3.8) is 0 Å². The molecule has 92 valence electrons. The molecule has 5 heteroatoms. The largest absolute Gasteiger partial charge is 0.466 e. The number of hydrogen-bond donors (Lipinski definition) is 0. The van der Waals surface area contributed by atoms with Crippen molar-refractivity contribution in [2.75, 3.05) is 6.61 Å². The van der Waals surface area contributed by atoms with Crippen molar-refractivity contribution in [2.24, 2.45) is 0 Å². The van der Waals surface area contributed by atoms with Crippen molar-refractivity contribution in [3.05, 3.63) is 0 Å². The average Bonchev–Trinajstić information content (AvgIpc) is 2.15. The Morgan fingerprint density at radius 2 is 2.19 bits per heavy atom. The molecule has 1 fully saturated rings. The van der Waals surface area contributed by atoms with Crippen molar-refractivity contribution < 1.29 is 23.8 Å². The predicted octanol–water partition coefficient (Wildman–Crippen LogP) is 1.05. The maximum absolute atomic E-state index is 11.3. The van der Waals surface area contributed by atoms with Crippen LogP contribution in [0.4, 0.5) is 0 Å². The van der Waals surface area contributed by atoms with Gasteiger partial charge in [0.1, 0.15) is 12.4 Å². The van der Waals surface area contributed by atoms with Gasteiger partial charge >= 0.3 is 5.97 Å². The topological polar surface area (TPSA) is 61.8 Å². The van der Waals surface area contributed by atoms with Crippen LogP contribution in [0.5, 0.6) is 0 Å². The fourth-order valence-corrected chi connectivity index (χ4v) is 1.76. The minimum atomic E-state index is -0.832. The minimum absolute atomic E-state index is 0.158. The van der Waals surface area contributed by atoms with Gasteiger partial charge in [-0.15, -0.1) is 0 Å². The van der Waals surface area contributed by atoms with Gasteiger partial charge in [0.05, 0.1) is 19.1 Å². The summed E-state index contributed by atoms with van der Waals surface area (Å²) in [7, 11) is 0. The van der Waals surface area contributed by atoms with Gasteiger partial charge < -0.3 is 19.0 Å². The van der Waals surface area contributed by atoms with Gasteiger partial charge in [-0.05, 0) is 20.8 Å². The standard InChI is InChI=1S/C11H18O5/c1-4-14-10(13)6-8-5-9(7-12)16-11(2,3)15-8/h7-9H,4-6H2,1-3H3. The number of esters is 1. The van der Waals surface area contributed by atoms with Gasteiger partial charge in [0.15, 0.2) is 5.79 Å². The zero-order valence-electron chi connectivity index (χ0n) is 9.89. The second kappa shape index (κ2) is 5.41. The number of hydrogen-bond acceptors (Lipinski definition) is 5. The lowest BCUT2D eigenvalue weighted by molar-refractivity contribution is -0.291. The van der Waals surface area contributed by atoms with Gasteiger partial charge in [0.2, 0.25) is 0 Å². The van der Waals surface area contributed by atoms with Crippen LogP contribution < -0.4 is 0 Å². The number of aldehydes is 1. The Hall–Kier alpha value is -0.940. The van der Waals surface area contributed by atoms with E-state index in [9.17, 15) is 9.59 Å². The van der Waals surface area contributed by atoms with Crippen molar-refractivity contribution >= 4 is 12.3 Å². The molecule has 1 heterocycles. The van der Waals surface area contributed by atoms with Gasteiger partial charge in [-0.1, -0.05) is 0 Å². The van der Waals surface area contributed by atoms with E-state index in [1.54, 1.807) is 20.8 Å². The van der Waals surface area contributed by atoms with E-state index >= 15 is 0 Å². The smallest absolute Gasteiger partial charge is 0.308 e. The number of ether oxygens (including phenoxy) is 3. The number of carbonyl (C=O) groups excluding carboxylic acids is 2. The van der Waals surface area contributed by atoms with Gasteiger partial charge in [-0.2, -0.15) is 0 Å². The van der Waals surface area contributed by atoms with E-state index in [1.807, 2.05) is 0 Å². The molecule has 2 atom stereocenters. The first-order valence-electron chi connectivity index (χ1n) is 5.43. The molecule has 16 heavy (non-hydrogen) atoms. The molecular weight excluding hydrogens is 212 g/mol. The van der Waals surface area contributed by atoms with Crippen molar-refractivity contribution in [2.45, 2.75) is 51.6 Å². The van der Waals surface area contributed by atoms with Crippen LogP contribution in [0.15, 0.2) is 0 Å². The lowest BCUT2D eigenvalue weighted by Gasteiger charge is -2.38. The molecule has 0 spiro atoms. The van der Waals surface area contributed by atoms with Crippen molar-refractivity contribution in [1.29, 1.82) is 0 Å². The molecular formula is C11H18O5. The Morgan fingerprint density at radius 1 is 1.50 bits per heavy atom. The molecule has 0 aromatic carbocycles. The molecule has 5 nitrogen and oxygen atoms in total.